The molecule has 1 aliphatic rings. The lowest BCUT2D eigenvalue weighted by atomic mass is 10.2. The molecule has 0 saturated heterocycles. The number of nitrogen functional groups attached to an aromatic ring is 1. The Morgan fingerprint density at radius 1 is 1.24 bits per heavy atom. The van der Waals surface area contributed by atoms with Gasteiger partial charge in [-0.2, -0.15) is 4.37 Å². The fourth-order valence-electron chi connectivity index (χ4n) is 2.19. The van der Waals surface area contributed by atoms with Gasteiger partial charge in [-0.15, -0.1) is 0 Å². The van der Waals surface area contributed by atoms with Crippen LogP contribution in [0.4, 0.5) is 14.5 Å². The fourth-order valence-corrected chi connectivity index (χ4v) is 2.90. The largest absolute Gasteiger partial charge is 0.395 e. The molecule has 1 saturated carbocycles. The number of amides is 2. The Hall–Kier alpha value is -2.55. The van der Waals surface area contributed by atoms with Crippen LogP contribution < -0.4 is 16.4 Å². The van der Waals surface area contributed by atoms with Crippen LogP contribution in [0.3, 0.4) is 0 Å². The number of anilines is 1. The van der Waals surface area contributed by atoms with Gasteiger partial charge >= 0.3 is 0 Å². The number of rotatable bonds is 6. The summed E-state index contributed by atoms with van der Waals surface area (Å²) in [6, 6.07) is 3.09. The van der Waals surface area contributed by atoms with Crippen molar-refractivity contribution in [3.05, 3.63) is 46.0 Å². The fraction of sp³-hybridized carbons (Fsp3) is 0.312. The SMILES string of the molecule is Nc1c(C(=O)NCC2CC2)nsc1C(=O)NCc1ccc(F)cc1F. The number of nitrogens with zero attached hydrogens (tertiary/aromatic N) is 1. The first-order valence-electron chi connectivity index (χ1n) is 7.71. The average molecular weight is 366 g/mol. The van der Waals surface area contributed by atoms with Crippen molar-refractivity contribution in [1.82, 2.24) is 15.0 Å². The minimum absolute atomic E-state index is 0.00428. The summed E-state index contributed by atoms with van der Waals surface area (Å²) >= 11 is 0.803. The van der Waals surface area contributed by atoms with Crippen molar-refractivity contribution in [3.63, 3.8) is 0 Å². The molecule has 3 rings (SSSR count). The van der Waals surface area contributed by atoms with Gasteiger partial charge in [0, 0.05) is 24.7 Å². The first-order chi connectivity index (χ1) is 12.0. The second-order valence-electron chi connectivity index (χ2n) is 5.85. The van der Waals surface area contributed by atoms with Gasteiger partial charge in [-0.3, -0.25) is 9.59 Å². The van der Waals surface area contributed by atoms with Crippen molar-refractivity contribution < 1.29 is 18.4 Å². The van der Waals surface area contributed by atoms with Crippen molar-refractivity contribution in [3.8, 4) is 0 Å². The van der Waals surface area contributed by atoms with Crippen LogP contribution in [0.25, 0.3) is 0 Å². The topological polar surface area (TPSA) is 97.1 Å². The highest BCUT2D eigenvalue weighted by Crippen LogP contribution is 2.28. The van der Waals surface area contributed by atoms with Crippen LogP contribution in [-0.2, 0) is 6.54 Å². The van der Waals surface area contributed by atoms with Crippen molar-refractivity contribution in [2.45, 2.75) is 19.4 Å². The molecule has 9 heteroatoms. The first-order valence-corrected chi connectivity index (χ1v) is 8.48. The number of nitrogens with two attached hydrogens (primary N) is 1. The molecule has 1 aromatic heterocycles. The third kappa shape index (κ3) is 4.11. The third-order valence-corrected chi connectivity index (χ3v) is 4.71. The summed E-state index contributed by atoms with van der Waals surface area (Å²) in [6.45, 7) is 0.437. The zero-order chi connectivity index (χ0) is 18.0. The van der Waals surface area contributed by atoms with Gasteiger partial charge in [0.25, 0.3) is 11.8 Å². The van der Waals surface area contributed by atoms with Crippen LogP contribution in [-0.4, -0.2) is 22.7 Å². The van der Waals surface area contributed by atoms with E-state index in [1.54, 1.807) is 0 Å². The van der Waals surface area contributed by atoms with Gasteiger partial charge in [-0.05, 0) is 36.4 Å². The standard InChI is InChI=1S/C16H16F2N4O2S/c17-10-4-3-9(11(18)5-10)7-21-16(24)14-12(19)13(22-25-14)15(23)20-6-8-1-2-8/h3-5,8H,1-2,6-7,19H2,(H,20,23)(H,21,24). The van der Waals surface area contributed by atoms with E-state index in [0.717, 1.165) is 36.5 Å². The Bertz CT molecular complexity index is 820. The summed E-state index contributed by atoms with van der Waals surface area (Å²) in [4.78, 5) is 24.3. The zero-order valence-corrected chi connectivity index (χ0v) is 14.0. The lowest BCUT2D eigenvalue weighted by molar-refractivity contribution is 0.0947. The molecule has 1 aromatic carbocycles. The predicted molar refractivity (Wildman–Crippen MR) is 89.1 cm³/mol. The molecule has 0 spiro atoms. The van der Waals surface area contributed by atoms with E-state index in [0.29, 0.717) is 12.5 Å². The van der Waals surface area contributed by atoms with Gasteiger partial charge in [0.1, 0.15) is 16.5 Å². The number of nitrogens with one attached hydrogen (secondary N) is 2. The highest BCUT2D eigenvalue weighted by Gasteiger charge is 2.25. The molecule has 1 aliphatic carbocycles. The molecule has 1 fully saturated rings. The Morgan fingerprint density at radius 2 is 2.00 bits per heavy atom. The second-order valence-corrected chi connectivity index (χ2v) is 6.62. The maximum atomic E-state index is 13.6. The second kappa shape index (κ2) is 7.14. The molecule has 0 unspecified atom stereocenters. The van der Waals surface area contributed by atoms with Crippen molar-refractivity contribution in [1.29, 1.82) is 0 Å². The number of hydrogen-bond donors (Lipinski definition) is 3. The highest BCUT2D eigenvalue weighted by atomic mass is 32.1. The predicted octanol–water partition coefficient (Wildman–Crippen LogP) is 2.07. The number of hydrogen-bond acceptors (Lipinski definition) is 5. The van der Waals surface area contributed by atoms with Crippen LogP contribution in [0, 0.1) is 17.6 Å². The normalized spacial score (nSPS) is 13.5. The van der Waals surface area contributed by atoms with E-state index in [4.69, 9.17) is 5.73 Å². The van der Waals surface area contributed by atoms with E-state index in [-0.39, 0.29) is 28.4 Å². The van der Waals surface area contributed by atoms with Crippen molar-refractivity contribution >= 4 is 29.0 Å². The lowest BCUT2D eigenvalue weighted by Gasteiger charge is -2.06. The van der Waals surface area contributed by atoms with Crippen LogP contribution in [0.15, 0.2) is 18.2 Å². The lowest BCUT2D eigenvalue weighted by Crippen LogP contribution is -2.27. The molecule has 6 nitrogen and oxygen atoms in total. The van der Waals surface area contributed by atoms with Crippen molar-refractivity contribution in [2.24, 2.45) is 5.92 Å². The van der Waals surface area contributed by atoms with Crippen molar-refractivity contribution in [2.75, 3.05) is 12.3 Å². The summed E-state index contributed by atoms with van der Waals surface area (Å²) in [6.07, 6.45) is 2.20. The monoisotopic (exact) mass is 366 g/mol. The van der Waals surface area contributed by atoms with Gasteiger partial charge in [0.15, 0.2) is 5.69 Å². The highest BCUT2D eigenvalue weighted by molar-refractivity contribution is 7.09. The van der Waals surface area contributed by atoms with E-state index in [2.05, 4.69) is 15.0 Å². The quantitative estimate of drug-likeness (QED) is 0.729. The van der Waals surface area contributed by atoms with E-state index in [1.807, 2.05) is 0 Å². The number of halogens is 2. The molecule has 0 bridgehead atoms. The molecular formula is C16H16F2N4O2S. The van der Waals surface area contributed by atoms with Crippen LogP contribution in [0.5, 0.6) is 0 Å². The molecule has 0 aliphatic heterocycles. The summed E-state index contributed by atoms with van der Waals surface area (Å²) in [5.41, 5.74) is 6.00. The van der Waals surface area contributed by atoms with Gasteiger partial charge in [0.2, 0.25) is 0 Å². The molecule has 2 amide bonds. The molecule has 0 radical (unpaired) electrons. The minimum atomic E-state index is -0.752. The molecule has 2 aromatic rings. The van der Waals surface area contributed by atoms with Gasteiger partial charge < -0.3 is 16.4 Å². The van der Waals surface area contributed by atoms with Crippen LogP contribution >= 0.6 is 11.5 Å². The van der Waals surface area contributed by atoms with Gasteiger partial charge in [0.05, 0.1) is 5.69 Å². The molecular weight excluding hydrogens is 350 g/mol. The summed E-state index contributed by atoms with van der Waals surface area (Å²) in [5, 5.41) is 5.22. The Kier molecular flexibility index (Phi) is 4.93. The maximum absolute atomic E-state index is 13.6. The third-order valence-electron chi connectivity index (χ3n) is 3.85. The molecule has 25 heavy (non-hydrogen) atoms. The van der Waals surface area contributed by atoms with E-state index in [1.165, 1.54) is 6.07 Å². The smallest absolute Gasteiger partial charge is 0.273 e. The molecule has 132 valence electrons. The average Bonchev–Trinajstić information content (AvgIpc) is 3.32. The number of aromatic nitrogens is 1. The molecule has 1 heterocycles. The summed E-state index contributed by atoms with van der Waals surface area (Å²) in [5.74, 6) is -1.92. The number of carbonyl (C=O) groups is 2. The van der Waals surface area contributed by atoms with E-state index in [9.17, 15) is 18.4 Å². The number of benzene rings is 1. The summed E-state index contributed by atoms with van der Waals surface area (Å²) < 4.78 is 30.4. The van der Waals surface area contributed by atoms with Crippen LogP contribution in [0.2, 0.25) is 0 Å². The Morgan fingerprint density at radius 3 is 2.68 bits per heavy atom. The van der Waals surface area contributed by atoms with Crippen LogP contribution in [0.1, 0.15) is 38.6 Å². The van der Waals surface area contributed by atoms with Gasteiger partial charge in [-0.25, -0.2) is 8.78 Å². The molecule has 4 N–H and O–H groups in total. The van der Waals surface area contributed by atoms with Gasteiger partial charge in [-0.1, -0.05) is 6.07 Å². The first kappa shape index (κ1) is 17.3. The Balaban J connectivity index is 1.62. The zero-order valence-electron chi connectivity index (χ0n) is 13.1. The van der Waals surface area contributed by atoms with E-state index < -0.39 is 23.4 Å². The minimum Gasteiger partial charge on any atom is -0.395 e. The summed E-state index contributed by atoms with van der Waals surface area (Å²) in [7, 11) is 0. The number of carbonyl (C=O) groups excluding carboxylic acids is 2. The Labute approximate surface area is 146 Å². The molecule has 0 atom stereocenters. The van der Waals surface area contributed by atoms with E-state index >= 15 is 0 Å². The maximum Gasteiger partial charge on any atom is 0.273 e.